The molecule has 0 radical (unpaired) electrons. The van der Waals surface area contributed by atoms with Crippen molar-refractivity contribution in [2.24, 2.45) is 5.92 Å². The average Bonchev–Trinajstić information content (AvgIpc) is 2.57. The van der Waals surface area contributed by atoms with Gasteiger partial charge >= 0.3 is 11.9 Å². The molecule has 0 fully saturated rings. The first kappa shape index (κ1) is 15.5. The number of aryl methyl sites for hydroxylation is 1. The molecule has 0 amide bonds. The van der Waals surface area contributed by atoms with Crippen LogP contribution in [0.25, 0.3) is 10.9 Å². The molecule has 0 saturated heterocycles. The van der Waals surface area contributed by atoms with E-state index in [1.54, 1.807) is 0 Å². The highest BCUT2D eigenvalue weighted by molar-refractivity contribution is 6.05. The number of aromatic nitrogens is 1. The average molecular weight is 313 g/mol. The van der Waals surface area contributed by atoms with E-state index in [0.717, 1.165) is 41.4 Å². The summed E-state index contributed by atoms with van der Waals surface area (Å²) in [5.74, 6) is -0.559. The zero-order valence-electron chi connectivity index (χ0n) is 13.3. The van der Waals surface area contributed by atoms with E-state index in [-0.39, 0.29) is 6.61 Å². The van der Waals surface area contributed by atoms with Crippen molar-refractivity contribution in [3.8, 4) is 0 Å². The van der Waals surface area contributed by atoms with Crippen molar-refractivity contribution < 1.29 is 19.1 Å². The monoisotopic (exact) mass is 313 g/mol. The molecule has 5 nitrogen and oxygen atoms in total. The molecule has 1 aromatic carbocycles. The van der Waals surface area contributed by atoms with Crippen LogP contribution in [-0.4, -0.2) is 30.6 Å². The summed E-state index contributed by atoms with van der Waals surface area (Å²) in [6.07, 6.45) is 2.73. The lowest BCUT2D eigenvalue weighted by Gasteiger charge is -2.24. The number of nitrogens with zero attached hydrogens (tertiary/aromatic N) is 1. The fourth-order valence-electron chi connectivity index (χ4n) is 3.05. The van der Waals surface area contributed by atoms with Crippen LogP contribution in [0.2, 0.25) is 0 Å². The molecule has 0 bridgehead atoms. The SMILES string of the molecule is COC(=O)COC(=O)c1c2c(nc3ccccc13)CC[C@H](C)C2. The summed E-state index contributed by atoms with van der Waals surface area (Å²) in [5, 5.41) is 0.773. The van der Waals surface area contributed by atoms with Gasteiger partial charge in [-0.05, 0) is 36.8 Å². The van der Waals surface area contributed by atoms with Crippen molar-refractivity contribution in [2.45, 2.75) is 26.2 Å². The highest BCUT2D eigenvalue weighted by Gasteiger charge is 2.26. The van der Waals surface area contributed by atoms with Crippen LogP contribution in [0.4, 0.5) is 0 Å². The summed E-state index contributed by atoms with van der Waals surface area (Å²) in [6.45, 7) is 1.79. The Morgan fingerprint density at radius 3 is 2.87 bits per heavy atom. The van der Waals surface area contributed by atoms with Crippen molar-refractivity contribution >= 4 is 22.8 Å². The van der Waals surface area contributed by atoms with Gasteiger partial charge in [-0.15, -0.1) is 0 Å². The Kier molecular flexibility index (Phi) is 4.28. The lowest BCUT2D eigenvalue weighted by molar-refractivity contribution is -0.144. The van der Waals surface area contributed by atoms with Crippen LogP contribution in [0, 0.1) is 5.92 Å². The Balaban J connectivity index is 2.07. The van der Waals surface area contributed by atoms with Gasteiger partial charge in [0.15, 0.2) is 6.61 Å². The van der Waals surface area contributed by atoms with Crippen LogP contribution >= 0.6 is 0 Å². The Bertz CT molecular complexity index is 769. The maximum atomic E-state index is 12.6. The van der Waals surface area contributed by atoms with Crippen LogP contribution in [0.5, 0.6) is 0 Å². The first-order valence-electron chi connectivity index (χ1n) is 7.74. The van der Waals surface area contributed by atoms with Crippen molar-refractivity contribution in [3.63, 3.8) is 0 Å². The largest absolute Gasteiger partial charge is 0.466 e. The summed E-state index contributed by atoms with van der Waals surface area (Å²) in [4.78, 5) is 28.5. The van der Waals surface area contributed by atoms with Gasteiger partial charge < -0.3 is 9.47 Å². The van der Waals surface area contributed by atoms with Gasteiger partial charge in [-0.3, -0.25) is 4.98 Å². The topological polar surface area (TPSA) is 65.5 Å². The van der Waals surface area contributed by atoms with Crippen LogP contribution in [0.15, 0.2) is 24.3 Å². The van der Waals surface area contributed by atoms with Crippen molar-refractivity contribution in [3.05, 3.63) is 41.1 Å². The highest BCUT2D eigenvalue weighted by atomic mass is 16.6. The quantitative estimate of drug-likeness (QED) is 0.815. The highest BCUT2D eigenvalue weighted by Crippen LogP contribution is 2.31. The van der Waals surface area contributed by atoms with E-state index in [2.05, 4.69) is 11.7 Å². The van der Waals surface area contributed by atoms with Gasteiger partial charge in [0.1, 0.15) is 0 Å². The van der Waals surface area contributed by atoms with Crippen LogP contribution < -0.4 is 0 Å². The zero-order valence-corrected chi connectivity index (χ0v) is 13.3. The summed E-state index contributed by atoms with van der Waals surface area (Å²) < 4.78 is 9.67. The summed E-state index contributed by atoms with van der Waals surface area (Å²) >= 11 is 0. The second-order valence-corrected chi connectivity index (χ2v) is 5.93. The van der Waals surface area contributed by atoms with E-state index >= 15 is 0 Å². The molecule has 1 aliphatic rings. The van der Waals surface area contributed by atoms with E-state index in [0.29, 0.717) is 11.5 Å². The molecule has 0 aliphatic heterocycles. The fraction of sp³-hybridized carbons (Fsp3) is 0.389. The molecule has 1 aromatic heterocycles. The van der Waals surface area contributed by atoms with Gasteiger partial charge in [-0.25, -0.2) is 9.59 Å². The van der Waals surface area contributed by atoms with Gasteiger partial charge in [0.25, 0.3) is 0 Å². The minimum absolute atomic E-state index is 0.379. The van der Waals surface area contributed by atoms with Gasteiger partial charge in [0, 0.05) is 11.1 Å². The standard InChI is InChI=1S/C18H19NO4/c1-11-7-8-15-13(9-11)17(18(21)23-10-16(20)22-2)12-5-3-4-6-14(12)19-15/h3-6,11H,7-10H2,1-2H3/t11-/m0/s1. The summed E-state index contributed by atoms with van der Waals surface area (Å²) in [5.41, 5.74) is 3.25. The Labute approximate surface area is 134 Å². The number of fused-ring (bicyclic) bond motifs is 2. The molecule has 1 heterocycles. The third-order valence-electron chi connectivity index (χ3n) is 4.26. The van der Waals surface area contributed by atoms with Crippen molar-refractivity contribution in [1.29, 1.82) is 0 Å². The first-order chi connectivity index (χ1) is 11.1. The number of rotatable bonds is 3. The molecule has 1 atom stereocenters. The zero-order chi connectivity index (χ0) is 16.4. The Morgan fingerprint density at radius 2 is 2.09 bits per heavy atom. The number of esters is 2. The minimum Gasteiger partial charge on any atom is -0.466 e. The second-order valence-electron chi connectivity index (χ2n) is 5.93. The Hall–Kier alpha value is -2.43. The molecule has 120 valence electrons. The van der Waals surface area contributed by atoms with E-state index in [1.807, 2.05) is 24.3 Å². The molecule has 1 aliphatic carbocycles. The van der Waals surface area contributed by atoms with E-state index < -0.39 is 11.9 Å². The van der Waals surface area contributed by atoms with Gasteiger partial charge in [-0.2, -0.15) is 0 Å². The second kappa shape index (κ2) is 6.36. The number of benzene rings is 1. The maximum Gasteiger partial charge on any atom is 0.344 e. The summed E-state index contributed by atoms with van der Waals surface area (Å²) in [6, 6.07) is 7.54. The van der Waals surface area contributed by atoms with E-state index in [4.69, 9.17) is 9.72 Å². The molecular weight excluding hydrogens is 294 g/mol. The maximum absolute atomic E-state index is 12.6. The number of methoxy groups -OCH3 is 1. The third-order valence-corrected chi connectivity index (χ3v) is 4.26. The fourth-order valence-corrected chi connectivity index (χ4v) is 3.05. The number of ether oxygens (including phenoxy) is 2. The predicted octanol–water partition coefficient (Wildman–Crippen LogP) is 2.69. The van der Waals surface area contributed by atoms with Gasteiger partial charge in [0.2, 0.25) is 0 Å². The molecule has 2 aromatic rings. The third kappa shape index (κ3) is 3.04. The lowest BCUT2D eigenvalue weighted by atomic mass is 9.84. The smallest absolute Gasteiger partial charge is 0.344 e. The van der Waals surface area contributed by atoms with Gasteiger partial charge in [0.05, 0.1) is 18.2 Å². The molecule has 0 unspecified atom stereocenters. The first-order valence-corrected chi connectivity index (χ1v) is 7.74. The van der Waals surface area contributed by atoms with Crippen molar-refractivity contribution in [1.82, 2.24) is 4.98 Å². The predicted molar refractivity (Wildman–Crippen MR) is 85.2 cm³/mol. The number of carbonyl (C=O) groups is 2. The molecule has 0 spiro atoms. The number of para-hydroxylation sites is 1. The van der Waals surface area contributed by atoms with Crippen LogP contribution in [0.3, 0.4) is 0 Å². The molecule has 0 N–H and O–H groups in total. The summed E-state index contributed by atoms with van der Waals surface area (Å²) in [7, 11) is 1.27. The van der Waals surface area contributed by atoms with Crippen LogP contribution in [-0.2, 0) is 27.1 Å². The molecular formula is C18H19NO4. The van der Waals surface area contributed by atoms with Crippen molar-refractivity contribution in [2.75, 3.05) is 13.7 Å². The molecule has 3 rings (SSSR count). The molecule has 0 saturated carbocycles. The van der Waals surface area contributed by atoms with E-state index in [9.17, 15) is 9.59 Å². The molecule has 5 heteroatoms. The molecule has 23 heavy (non-hydrogen) atoms. The normalized spacial score (nSPS) is 16.7. The number of pyridine rings is 1. The number of hydrogen-bond acceptors (Lipinski definition) is 5. The van der Waals surface area contributed by atoms with E-state index in [1.165, 1.54) is 7.11 Å². The number of carbonyl (C=O) groups excluding carboxylic acids is 2. The number of hydrogen-bond donors (Lipinski definition) is 0. The van der Waals surface area contributed by atoms with Crippen LogP contribution in [0.1, 0.15) is 35.0 Å². The minimum atomic E-state index is -0.570. The lowest BCUT2D eigenvalue weighted by Crippen LogP contribution is -2.21. The Morgan fingerprint density at radius 1 is 1.30 bits per heavy atom. The van der Waals surface area contributed by atoms with Gasteiger partial charge in [-0.1, -0.05) is 25.1 Å².